The molecule has 8 nitrogen and oxygen atoms in total. The third-order valence-corrected chi connectivity index (χ3v) is 10.5. The number of nitrogens with two attached hydrogens (primary N) is 1. The smallest absolute Gasteiger partial charge is 0.229 e. The average molecular weight is 518 g/mol. The Kier molecular flexibility index (Phi) is 9.10. The van der Waals surface area contributed by atoms with E-state index in [1.165, 1.54) is 44.9 Å². The van der Waals surface area contributed by atoms with Gasteiger partial charge in [-0.05, 0) is 89.4 Å². The van der Waals surface area contributed by atoms with Gasteiger partial charge in [0.05, 0.1) is 36.4 Å². The van der Waals surface area contributed by atoms with Crippen molar-refractivity contribution in [2.75, 3.05) is 20.2 Å². The molecule has 0 bridgehead atoms. The Bertz CT molecular complexity index is 782. The normalized spacial score (nSPS) is 38.5. The van der Waals surface area contributed by atoms with Gasteiger partial charge in [0.1, 0.15) is 0 Å². The van der Waals surface area contributed by atoms with E-state index in [0.29, 0.717) is 24.4 Å². The Hall–Kier alpha value is -1.22. The molecule has 0 aromatic rings. The molecule has 2 aliphatic carbocycles. The van der Waals surface area contributed by atoms with Crippen LogP contribution >= 0.6 is 0 Å². The van der Waals surface area contributed by atoms with Crippen molar-refractivity contribution < 1.29 is 14.3 Å². The SMILES string of the molecule is COC1CCC(CCN2C(N)C(C(=O)N[C@@H](C)C3CCCCC3)CC3C(=O)N4CCCCC4NC32)CC1. The molecule has 2 saturated carbocycles. The summed E-state index contributed by atoms with van der Waals surface area (Å²) in [5.41, 5.74) is 6.94. The van der Waals surface area contributed by atoms with Crippen molar-refractivity contribution in [1.29, 1.82) is 0 Å². The highest BCUT2D eigenvalue weighted by atomic mass is 16.5. The van der Waals surface area contributed by atoms with E-state index >= 15 is 0 Å². The molecule has 0 spiro atoms. The minimum atomic E-state index is -0.370. The van der Waals surface area contributed by atoms with Gasteiger partial charge in [-0.2, -0.15) is 0 Å². The maximum absolute atomic E-state index is 13.7. The van der Waals surface area contributed by atoms with Gasteiger partial charge in [0.2, 0.25) is 11.8 Å². The molecule has 0 aromatic heterocycles. The Morgan fingerprint density at radius 1 is 1.08 bits per heavy atom. The van der Waals surface area contributed by atoms with Crippen LogP contribution < -0.4 is 16.4 Å². The van der Waals surface area contributed by atoms with Crippen molar-refractivity contribution in [2.45, 2.75) is 127 Å². The monoisotopic (exact) mass is 517 g/mol. The van der Waals surface area contributed by atoms with E-state index in [-0.39, 0.29) is 48.2 Å². The molecule has 5 aliphatic rings. The lowest BCUT2D eigenvalue weighted by Crippen LogP contribution is -2.74. The van der Waals surface area contributed by atoms with Crippen LogP contribution in [0.3, 0.4) is 0 Å². The van der Waals surface area contributed by atoms with E-state index in [9.17, 15) is 9.59 Å². The van der Waals surface area contributed by atoms with Gasteiger partial charge in [0.15, 0.2) is 0 Å². The zero-order valence-corrected chi connectivity index (χ0v) is 23.2. The Labute approximate surface area is 223 Å². The number of rotatable bonds is 7. The van der Waals surface area contributed by atoms with Crippen molar-refractivity contribution in [3.05, 3.63) is 0 Å². The molecule has 6 atom stereocenters. The van der Waals surface area contributed by atoms with Crippen LogP contribution in [0.5, 0.6) is 0 Å². The lowest BCUT2D eigenvalue weighted by Gasteiger charge is -2.55. The molecule has 5 fully saturated rings. The molecule has 0 radical (unpaired) electrons. The van der Waals surface area contributed by atoms with Crippen LogP contribution in [0.2, 0.25) is 0 Å². The Morgan fingerprint density at radius 3 is 2.54 bits per heavy atom. The third-order valence-electron chi connectivity index (χ3n) is 10.5. The van der Waals surface area contributed by atoms with E-state index < -0.39 is 0 Å². The van der Waals surface area contributed by atoms with E-state index in [2.05, 4.69) is 22.5 Å². The number of fused-ring (bicyclic) bond motifs is 2. The van der Waals surface area contributed by atoms with Crippen molar-refractivity contribution in [2.24, 2.45) is 29.4 Å². The second kappa shape index (κ2) is 12.3. The summed E-state index contributed by atoms with van der Waals surface area (Å²) in [5.74, 6) is 0.911. The minimum absolute atomic E-state index is 0.0446. The summed E-state index contributed by atoms with van der Waals surface area (Å²) in [6, 6.07) is 0.161. The number of carbonyl (C=O) groups is 2. The lowest BCUT2D eigenvalue weighted by molar-refractivity contribution is -0.163. The Morgan fingerprint density at radius 2 is 1.81 bits per heavy atom. The van der Waals surface area contributed by atoms with Crippen LogP contribution in [0.1, 0.15) is 96.8 Å². The number of ether oxygens (including phenoxy) is 1. The Balaban J connectivity index is 1.29. The molecule has 3 aliphatic heterocycles. The molecular weight excluding hydrogens is 466 g/mol. The van der Waals surface area contributed by atoms with Crippen molar-refractivity contribution in [3.8, 4) is 0 Å². The van der Waals surface area contributed by atoms with Gasteiger partial charge in [0.25, 0.3) is 0 Å². The van der Waals surface area contributed by atoms with Gasteiger partial charge in [-0.3, -0.25) is 19.8 Å². The highest BCUT2D eigenvalue weighted by Gasteiger charge is 2.52. The molecule has 0 aromatic carbocycles. The minimum Gasteiger partial charge on any atom is -0.381 e. The quantitative estimate of drug-likeness (QED) is 0.480. The van der Waals surface area contributed by atoms with Gasteiger partial charge in [0, 0.05) is 26.2 Å². The van der Waals surface area contributed by atoms with E-state index in [4.69, 9.17) is 10.5 Å². The van der Waals surface area contributed by atoms with Crippen LogP contribution in [0.4, 0.5) is 0 Å². The molecule has 5 rings (SSSR count). The predicted octanol–water partition coefficient (Wildman–Crippen LogP) is 3.16. The first-order valence-corrected chi connectivity index (χ1v) is 15.4. The first kappa shape index (κ1) is 27.4. The fraction of sp³-hybridized carbons (Fsp3) is 0.931. The molecule has 3 saturated heterocycles. The van der Waals surface area contributed by atoms with Crippen LogP contribution in [-0.4, -0.2) is 72.5 Å². The fourth-order valence-corrected chi connectivity index (χ4v) is 8.04. The van der Waals surface area contributed by atoms with Gasteiger partial charge < -0.3 is 20.7 Å². The summed E-state index contributed by atoms with van der Waals surface area (Å²) in [5, 5.41) is 7.17. The molecule has 2 amide bonds. The molecular formula is C29H51N5O3. The number of methoxy groups -OCH3 is 1. The topological polar surface area (TPSA) is 99.9 Å². The molecule has 5 unspecified atom stereocenters. The number of hydrogen-bond acceptors (Lipinski definition) is 6. The number of piperidine rings is 2. The first-order chi connectivity index (χ1) is 18.0. The summed E-state index contributed by atoms with van der Waals surface area (Å²) >= 11 is 0. The lowest BCUT2D eigenvalue weighted by atomic mass is 9.79. The third kappa shape index (κ3) is 6.02. The number of carbonyl (C=O) groups excluding carboxylic acids is 2. The summed E-state index contributed by atoms with van der Waals surface area (Å²) in [7, 11) is 1.82. The summed E-state index contributed by atoms with van der Waals surface area (Å²) in [6.45, 7) is 3.81. The maximum atomic E-state index is 13.7. The molecule has 8 heteroatoms. The molecule has 210 valence electrons. The number of amides is 2. The summed E-state index contributed by atoms with van der Waals surface area (Å²) in [4.78, 5) is 31.7. The molecule has 37 heavy (non-hydrogen) atoms. The average Bonchev–Trinajstić information content (AvgIpc) is 2.93. The summed E-state index contributed by atoms with van der Waals surface area (Å²) in [6.07, 6.45) is 15.7. The van der Waals surface area contributed by atoms with Gasteiger partial charge in [-0.25, -0.2) is 0 Å². The first-order valence-electron chi connectivity index (χ1n) is 15.4. The zero-order chi connectivity index (χ0) is 25.9. The van der Waals surface area contributed by atoms with Crippen molar-refractivity contribution in [3.63, 3.8) is 0 Å². The number of likely N-dealkylation sites (tertiary alicyclic amines) is 1. The second-order valence-electron chi connectivity index (χ2n) is 12.7. The van der Waals surface area contributed by atoms with Crippen LogP contribution in [0.25, 0.3) is 0 Å². The van der Waals surface area contributed by atoms with Gasteiger partial charge in [-0.15, -0.1) is 0 Å². The van der Waals surface area contributed by atoms with Crippen LogP contribution in [0, 0.1) is 23.7 Å². The van der Waals surface area contributed by atoms with Crippen LogP contribution in [-0.2, 0) is 14.3 Å². The standard InChI is InChI=1S/C29H51N5O3/c1-19(21-8-4-3-5-9-21)31-28(35)23-18-24-27(32-25-10-6-7-16-33(25)29(24)36)34(26(23)30)17-15-20-11-13-22(37-2)14-12-20/h19-27,32H,3-18,30H2,1-2H3,(H,31,35)/t19-,20?,22?,23?,24?,25?,26?,27?/m0/s1. The summed E-state index contributed by atoms with van der Waals surface area (Å²) < 4.78 is 5.57. The van der Waals surface area contributed by atoms with E-state index in [1.807, 2.05) is 12.0 Å². The number of nitrogens with one attached hydrogen (secondary N) is 2. The van der Waals surface area contributed by atoms with E-state index in [0.717, 1.165) is 51.6 Å². The molecule has 4 N–H and O–H groups in total. The van der Waals surface area contributed by atoms with Crippen molar-refractivity contribution >= 4 is 11.8 Å². The molecule has 3 heterocycles. The predicted molar refractivity (Wildman–Crippen MR) is 144 cm³/mol. The largest absolute Gasteiger partial charge is 0.381 e. The number of hydrogen-bond donors (Lipinski definition) is 3. The van der Waals surface area contributed by atoms with Gasteiger partial charge >= 0.3 is 0 Å². The number of nitrogens with zero attached hydrogens (tertiary/aromatic N) is 2. The van der Waals surface area contributed by atoms with Crippen LogP contribution in [0.15, 0.2) is 0 Å². The van der Waals surface area contributed by atoms with Crippen molar-refractivity contribution in [1.82, 2.24) is 20.4 Å². The fourth-order valence-electron chi connectivity index (χ4n) is 8.04. The highest BCUT2D eigenvalue weighted by Crippen LogP contribution is 2.38. The van der Waals surface area contributed by atoms with Gasteiger partial charge in [-0.1, -0.05) is 19.3 Å². The maximum Gasteiger partial charge on any atom is 0.229 e. The van der Waals surface area contributed by atoms with E-state index in [1.54, 1.807) is 0 Å². The second-order valence-corrected chi connectivity index (χ2v) is 12.7. The zero-order valence-electron chi connectivity index (χ0n) is 23.2. The highest BCUT2D eigenvalue weighted by molar-refractivity contribution is 5.84.